The van der Waals surface area contributed by atoms with E-state index in [-0.39, 0.29) is 5.97 Å². The maximum Gasteiger partial charge on any atom is 0.340 e. The summed E-state index contributed by atoms with van der Waals surface area (Å²) in [7, 11) is 0. The van der Waals surface area contributed by atoms with Crippen LogP contribution in [0.15, 0.2) is 95.7 Å². The first kappa shape index (κ1) is 25.5. The molecule has 6 nitrogen and oxygen atoms in total. The number of hydrogen-bond acceptors (Lipinski definition) is 5. The predicted molar refractivity (Wildman–Crippen MR) is 150 cm³/mol. The van der Waals surface area contributed by atoms with E-state index in [1.807, 2.05) is 39.0 Å². The van der Waals surface area contributed by atoms with Gasteiger partial charge in [0.1, 0.15) is 11.9 Å². The van der Waals surface area contributed by atoms with Gasteiger partial charge in [-0.05, 0) is 57.0 Å². The highest BCUT2D eigenvalue weighted by atomic mass is 16.6. The number of carbonyl (C=O) groups is 1. The number of aromatic nitrogens is 2. The van der Waals surface area contributed by atoms with Crippen LogP contribution in [-0.4, -0.2) is 28.1 Å². The van der Waals surface area contributed by atoms with Crippen LogP contribution in [0, 0.1) is 0 Å². The average Bonchev–Trinajstić information content (AvgIpc) is 3.56. The van der Waals surface area contributed by atoms with Crippen molar-refractivity contribution in [2.24, 2.45) is 0 Å². The van der Waals surface area contributed by atoms with E-state index in [9.17, 15) is 4.79 Å². The van der Waals surface area contributed by atoms with Crippen molar-refractivity contribution in [3.8, 4) is 11.5 Å². The first-order chi connectivity index (χ1) is 18.4. The van der Waals surface area contributed by atoms with Crippen molar-refractivity contribution in [3.05, 3.63) is 114 Å². The van der Waals surface area contributed by atoms with Gasteiger partial charge in [0.25, 0.3) is 0 Å². The summed E-state index contributed by atoms with van der Waals surface area (Å²) in [6.45, 7) is 6.98. The van der Waals surface area contributed by atoms with Crippen molar-refractivity contribution in [2.45, 2.75) is 45.3 Å². The Balaban J connectivity index is 1.28. The van der Waals surface area contributed by atoms with Crippen molar-refractivity contribution in [1.82, 2.24) is 15.3 Å². The van der Waals surface area contributed by atoms with Crippen molar-refractivity contribution < 1.29 is 13.9 Å². The minimum Gasteiger partial charge on any atom is -0.456 e. The zero-order valence-corrected chi connectivity index (χ0v) is 22.0. The van der Waals surface area contributed by atoms with Gasteiger partial charge in [-0.15, -0.1) is 0 Å². The maximum atomic E-state index is 12.9. The summed E-state index contributed by atoms with van der Waals surface area (Å²) in [4.78, 5) is 20.7. The number of nitrogens with zero attached hydrogens (tertiary/aromatic N) is 1. The highest BCUT2D eigenvalue weighted by Gasteiger charge is 2.23. The van der Waals surface area contributed by atoms with E-state index in [0.29, 0.717) is 23.9 Å². The predicted octanol–water partition coefficient (Wildman–Crippen LogP) is 7.09. The van der Waals surface area contributed by atoms with Crippen LogP contribution in [0.5, 0.6) is 0 Å². The van der Waals surface area contributed by atoms with Gasteiger partial charge in [-0.2, -0.15) is 0 Å². The van der Waals surface area contributed by atoms with E-state index in [1.54, 1.807) is 12.5 Å². The molecule has 2 aromatic heterocycles. The number of benzene rings is 3. The van der Waals surface area contributed by atoms with Crippen LogP contribution in [0.25, 0.3) is 22.4 Å². The molecule has 194 valence electrons. The lowest BCUT2D eigenvalue weighted by molar-refractivity contribution is 0.00719. The number of H-pyrrole nitrogens is 1. The molecule has 3 aromatic carbocycles. The molecule has 0 aliphatic carbocycles. The smallest absolute Gasteiger partial charge is 0.340 e. The summed E-state index contributed by atoms with van der Waals surface area (Å²) in [6.07, 6.45) is 4.32. The van der Waals surface area contributed by atoms with Crippen molar-refractivity contribution in [1.29, 1.82) is 0 Å². The molecule has 38 heavy (non-hydrogen) atoms. The van der Waals surface area contributed by atoms with Gasteiger partial charge in [0.05, 0.1) is 11.3 Å². The molecule has 0 aliphatic heterocycles. The number of oxazole rings is 1. The van der Waals surface area contributed by atoms with Crippen LogP contribution < -0.4 is 5.32 Å². The van der Waals surface area contributed by atoms with Crippen LogP contribution in [0.1, 0.15) is 60.3 Å². The Morgan fingerprint density at radius 3 is 2.32 bits per heavy atom. The van der Waals surface area contributed by atoms with Gasteiger partial charge in [0.15, 0.2) is 0 Å². The van der Waals surface area contributed by atoms with Gasteiger partial charge >= 0.3 is 5.97 Å². The van der Waals surface area contributed by atoms with Gasteiger partial charge in [-0.3, -0.25) is 0 Å². The number of hydrogen-bond donors (Lipinski definition) is 2. The molecule has 0 fully saturated rings. The van der Waals surface area contributed by atoms with Gasteiger partial charge in [0.2, 0.25) is 5.89 Å². The Kier molecular flexibility index (Phi) is 7.43. The average molecular weight is 508 g/mol. The number of fused-ring (bicyclic) bond motifs is 1. The minimum atomic E-state index is -0.586. The normalized spacial score (nSPS) is 11.8. The first-order valence-electron chi connectivity index (χ1n) is 13.0. The lowest BCUT2D eigenvalue weighted by Crippen LogP contribution is -2.23. The molecule has 0 saturated heterocycles. The molecule has 0 bridgehead atoms. The van der Waals surface area contributed by atoms with E-state index in [1.165, 1.54) is 11.1 Å². The fraction of sp³-hybridized carbons (Fsp3) is 0.250. The Bertz CT molecular complexity index is 1460. The Morgan fingerprint density at radius 1 is 0.974 bits per heavy atom. The third-order valence-electron chi connectivity index (χ3n) is 6.43. The SMILES string of the molecule is CC(C)(C)OC(=O)c1c[nH]c2cccc(-c3nc(CNCCC(c4ccccc4)c4ccccc4)co3)c12. The largest absolute Gasteiger partial charge is 0.456 e. The number of ether oxygens (including phenoxy) is 1. The molecular formula is C32H33N3O3. The zero-order chi connectivity index (χ0) is 26.5. The minimum absolute atomic E-state index is 0.315. The first-order valence-corrected chi connectivity index (χ1v) is 13.0. The highest BCUT2D eigenvalue weighted by molar-refractivity contribution is 6.09. The molecule has 0 atom stereocenters. The van der Waals surface area contributed by atoms with E-state index in [2.05, 4.69) is 71.0 Å². The number of esters is 1. The highest BCUT2D eigenvalue weighted by Crippen LogP contribution is 2.32. The van der Waals surface area contributed by atoms with Crippen molar-refractivity contribution in [2.75, 3.05) is 6.54 Å². The maximum absolute atomic E-state index is 12.9. The molecule has 5 rings (SSSR count). The summed E-state index contributed by atoms with van der Waals surface area (Å²) in [6, 6.07) is 27.0. The lowest BCUT2D eigenvalue weighted by atomic mass is 9.88. The van der Waals surface area contributed by atoms with Gasteiger partial charge in [0, 0.05) is 35.1 Å². The van der Waals surface area contributed by atoms with E-state index in [0.717, 1.165) is 35.1 Å². The van der Waals surface area contributed by atoms with Crippen LogP contribution in [0.4, 0.5) is 0 Å². The Labute approximate surface area is 223 Å². The number of rotatable bonds is 9. The standard InChI is InChI=1S/C32H33N3O3/c1-32(2,3)38-31(36)27-20-34-28-16-10-15-26(29(27)28)30-35-24(21-37-30)19-33-18-17-25(22-11-6-4-7-12-22)23-13-8-5-9-14-23/h4-16,20-21,25,33-34H,17-19H2,1-3H3. The lowest BCUT2D eigenvalue weighted by Gasteiger charge is -2.19. The second-order valence-corrected chi connectivity index (χ2v) is 10.4. The second kappa shape index (κ2) is 11.1. The molecule has 0 spiro atoms. The quantitative estimate of drug-likeness (QED) is 0.164. The Hall–Kier alpha value is -4.16. The number of nitrogens with one attached hydrogen (secondary N) is 2. The third-order valence-corrected chi connectivity index (χ3v) is 6.43. The van der Waals surface area contributed by atoms with Crippen LogP contribution in [0.2, 0.25) is 0 Å². The van der Waals surface area contributed by atoms with Crippen LogP contribution in [0.3, 0.4) is 0 Å². The van der Waals surface area contributed by atoms with Crippen molar-refractivity contribution in [3.63, 3.8) is 0 Å². The molecule has 6 heteroatoms. The van der Waals surface area contributed by atoms with Crippen molar-refractivity contribution >= 4 is 16.9 Å². The van der Waals surface area contributed by atoms with Crippen LogP contribution >= 0.6 is 0 Å². The summed E-state index contributed by atoms with van der Waals surface area (Å²) in [5.74, 6) is 0.412. The molecule has 0 radical (unpaired) electrons. The number of carbonyl (C=O) groups excluding carboxylic acids is 1. The summed E-state index contributed by atoms with van der Waals surface area (Å²) in [5, 5.41) is 4.27. The summed E-state index contributed by atoms with van der Waals surface area (Å²) < 4.78 is 11.5. The molecule has 0 saturated carbocycles. The molecular weight excluding hydrogens is 474 g/mol. The van der Waals surface area contributed by atoms with E-state index >= 15 is 0 Å². The topological polar surface area (TPSA) is 80.2 Å². The molecule has 2 heterocycles. The van der Waals surface area contributed by atoms with Gasteiger partial charge in [-0.25, -0.2) is 9.78 Å². The second-order valence-electron chi connectivity index (χ2n) is 10.4. The molecule has 0 aliphatic rings. The molecule has 5 aromatic rings. The monoisotopic (exact) mass is 507 g/mol. The van der Waals surface area contributed by atoms with Gasteiger partial charge in [-0.1, -0.05) is 66.7 Å². The van der Waals surface area contributed by atoms with Gasteiger partial charge < -0.3 is 19.5 Å². The molecule has 2 N–H and O–H groups in total. The van der Waals surface area contributed by atoms with Crippen LogP contribution in [-0.2, 0) is 11.3 Å². The summed E-state index contributed by atoms with van der Waals surface area (Å²) >= 11 is 0. The van der Waals surface area contributed by atoms with E-state index < -0.39 is 5.60 Å². The third kappa shape index (κ3) is 5.87. The fourth-order valence-corrected chi connectivity index (χ4v) is 4.73. The summed E-state index contributed by atoms with van der Waals surface area (Å²) in [5.41, 5.74) is 4.89. The molecule has 0 unspecified atom stereocenters. The Morgan fingerprint density at radius 2 is 1.66 bits per heavy atom. The zero-order valence-electron chi connectivity index (χ0n) is 22.0. The fourth-order valence-electron chi connectivity index (χ4n) is 4.73. The van der Waals surface area contributed by atoms with E-state index in [4.69, 9.17) is 14.1 Å². The number of aromatic amines is 1. The molecule has 0 amide bonds.